The van der Waals surface area contributed by atoms with E-state index in [9.17, 15) is 4.79 Å². The van der Waals surface area contributed by atoms with Gasteiger partial charge < -0.3 is 13.8 Å². The minimum atomic E-state index is -0.0213. The average molecular weight is 472 g/mol. The summed E-state index contributed by atoms with van der Waals surface area (Å²) in [7, 11) is 0. The van der Waals surface area contributed by atoms with Crippen LogP contribution in [-0.4, -0.2) is 37.2 Å². The van der Waals surface area contributed by atoms with Crippen LogP contribution in [0, 0.1) is 0 Å². The summed E-state index contributed by atoms with van der Waals surface area (Å²) in [5.41, 5.74) is 0.664. The monoisotopic (exact) mass is 471 g/mol. The average Bonchev–Trinajstić information content (AvgIpc) is 3.53. The maximum absolute atomic E-state index is 12.9. The third kappa shape index (κ3) is 5.23. The summed E-state index contributed by atoms with van der Waals surface area (Å²) in [6.07, 6.45) is 1.48. The van der Waals surface area contributed by atoms with E-state index in [2.05, 4.69) is 20.3 Å². The molecule has 1 aromatic carbocycles. The molecule has 166 valence electrons. The normalized spacial score (nSPS) is 11.2. The van der Waals surface area contributed by atoms with Crippen LogP contribution in [0.2, 0.25) is 5.02 Å². The number of carbonyl (C=O) groups excluding carboxylic acids is 1. The molecule has 3 aromatic heterocycles. The predicted octanol–water partition coefficient (Wildman–Crippen LogP) is 5.26. The highest BCUT2D eigenvalue weighted by molar-refractivity contribution is 7.13. The van der Waals surface area contributed by atoms with E-state index in [1.165, 1.54) is 0 Å². The van der Waals surface area contributed by atoms with Gasteiger partial charge in [-0.2, -0.15) is 4.98 Å². The molecule has 0 aliphatic heterocycles. The van der Waals surface area contributed by atoms with Crippen molar-refractivity contribution in [2.75, 3.05) is 0 Å². The van der Waals surface area contributed by atoms with E-state index in [-0.39, 0.29) is 18.5 Å². The third-order valence-corrected chi connectivity index (χ3v) is 6.01. The topological polar surface area (TPSA) is 98.2 Å². The van der Waals surface area contributed by atoms with Crippen LogP contribution in [0.1, 0.15) is 38.5 Å². The van der Waals surface area contributed by atoms with Gasteiger partial charge in [0.25, 0.3) is 0 Å². The summed E-state index contributed by atoms with van der Waals surface area (Å²) in [6.45, 7) is 4.14. The summed E-state index contributed by atoms with van der Waals surface area (Å²) in [4.78, 5) is 19.9. The summed E-state index contributed by atoms with van der Waals surface area (Å²) < 4.78 is 11.1. The second-order valence-corrected chi connectivity index (χ2v) is 8.79. The van der Waals surface area contributed by atoms with Crippen LogP contribution < -0.4 is 0 Å². The van der Waals surface area contributed by atoms with Gasteiger partial charge in [0.2, 0.25) is 29.4 Å². The van der Waals surface area contributed by atoms with E-state index < -0.39 is 0 Å². The molecule has 0 unspecified atom stereocenters. The van der Waals surface area contributed by atoms with E-state index in [0.717, 1.165) is 4.88 Å². The Kier molecular flexibility index (Phi) is 6.96. The fourth-order valence-electron chi connectivity index (χ4n) is 3.16. The number of thiophene rings is 1. The van der Waals surface area contributed by atoms with Crippen molar-refractivity contribution in [3.05, 3.63) is 58.6 Å². The molecule has 0 spiro atoms. The lowest BCUT2D eigenvalue weighted by Gasteiger charge is -2.25. The molecule has 0 fully saturated rings. The highest BCUT2D eigenvalue weighted by atomic mass is 35.5. The van der Waals surface area contributed by atoms with Crippen molar-refractivity contribution in [2.24, 2.45) is 0 Å². The third-order valence-electron chi connectivity index (χ3n) is 4.81. The zero-order chi connectivity index (χ0) is 22.5. The number of aromatic nitrogens is 4. The molecular formula is C22H22ClN5O3S. The summed E-state index contributed by atoms with van der Waals surface area (Å²) in [5, 5.41) is 14.7. The first-order valence-electron chi connectivity index (χ1n) is 10.2. The zero-order valence-corrected chi connectivity index (χ0v) is 19.3. The van der Waals surface area contributed by atoms with Gasteiger partial charge in [0, 0.05) is 18.9 Å². The smallest absolute Gasteiger partial charge is 0.249 e. The summed E-state index contributed by atoms with van der Waals surface area (Å²) >= 11 is 7.76. The Labute approximate surface area is 194 Å². The van der Waals surface area contributed by atoms with Gasteiger partial charge in [-0.1, -0.05) is 35.0 Å². The molecule has 0 saturated heterocycles. The van der Waals surface area contributed by atoms with Crippen LogP contribution in [0.15, 0.2) is 50.7 Å². The number of rotatable bonds is 9. The number of aryl methyl sites for hydroxylation is 1. The summed E-state index contributed by atoms with van der Waals surface area (Å²) in [6, 6.07) is 11.1. The lowest BCUT2D eigenvalue weighted by molar-refractivity contribution is -0.134. The standard InChI is InChI=1S/C22H22ClN5O3S/c1-14(2)28(13-19-25-26-22(30-19)15-7-3-4-8-16(15)23)20(29)11-5-10-18-24-21(27-31-18)17-9-6-12-32-17/h3-4,6-9,12,14H,5,10-11,13H2,1-2H3. The summed E-state index contributed by atoms with van der Waals surface area (Å²) in [5.74, 6) is 1.80. The Balaban J connectivity index is 1.34. The van der Waals surface area contributed by atoms with Crippen molar-refractivity contribution in [3.63, 3.8) is 0 Å². The number of amides is 1. The van der Waals surface area contributed by atoms with E-state index in [1.54, 1.807) is 22.3 Å². The van der Waals surface area contributed by atoms with E-state index >= 15 is 0 Å². The van der Waals surface area contributed by atoms with Crippen LogP contribution in [-0.2, 0) is 17.8 Å². The van der Waals surface area contributed by atoms with Crippen molar-refractivity contribution < 1.29 is 13.7 Å². The van der Waals surface area contributed by atoms with Gasteiger partial charge in [-0.05, 0) is 43.8 Å². The molecule has 32 heavy (non-hydrogen) atoms. The largest absolute Gasteiger partial charge is 0.419 e. The van der Waals surface area contributed by atoms with Crippen molar-refractivity contribution in [2.45, 2.75) is 45.7 Å². The minimum absolute atomic E-state index is 0.00418. The molecule has 0 saturated carbocycles. The quantitative estimate of drug-likeness (QED) is 0.328. The highest BCUT2D eigenvalue weighted by Crippen LogP contribution is 2.27. The Morgan fingerprint density at radius 3 is 2.75 bits per heavy atom. The van der Waals surface area contributed by atoms with Crippen molar-refractivity contribution in [3.8, 4) is 22.2 Å². The van der Waals surface area contributed by atoms with E-state index in [0.29, 0.717) is 53.3 Å². The molecule has 0 aliphatic carbocycles. The van der Waals surface area contributed by atoms with Gasteiger partial charge >= 0.3 is 0 Å². The molecule has 0 aliphatic rings. The highest BCUT2D eigenvalue weighted by Gasteiger charge is 2.21. The maximum atomic E-state index is 12.9. The SMILES string of the molecule is CC(C)N(Cc1nnc(-c2ccccc2Cl)o1)C(=O)CCCc1nc(-c2cccs2)no1. The van der Waals surface area contributed by atoms with Crippen LogP contribution in [0.3, 0.4) is 0 Å². The van der Waals surface area contributed by atoms with Gasteiger partial charge in [0.15, 0.2) is 0 Å². The second kappa shape index (κ2) is 10.1. The number of nitrogens with zero attached hydrogens (tertiary/aromatic N) is 5. The van der Waals surface area contributed by atoms with Crippen LogP contribution >= 0.6 is 22.9 Å². The van der Waals surface area contributed by atoms with Crippen molar-refractivity contribution in [1.82, 2.24) is 25.2 Å². The van der Waals surface area contributed by atoms with Crippen LogP contribution in [0.5, 0.6) is 0 Å². The Hall–Kier alpha value is -3.04. The Morgan fingerprint density at radius 2 is 2.00 bits per heavy atom. The molecule has 3 heterocycles. The fraction of sp³-hybridized carbons (Fsp3) is 0.318. The molecular weight excluding hydrogens is 450 g/mol. The van der Waals surface area contributed by atoms with Gasteiger partial charge in [0.05, 0.1) is 22.0 Å². The molecule has 1 amide bonds. The van der Waals surface area contributed by atoms with Crippen molar-refractivity contribution >= 4 is 28.8 Å². The molecule has 4 aromatic rings. The second-order valence-electron chi connectivity index (χ2n) is 7.44. The predicted molar refractivity (Wildman–Crippen MR) is 121 cm³/mol. The first-order valence-corrected chi connectivity index (χ1v) is 11.5. The lowest BCUT2D eigenvalue weighted by atomic mass is 10.2. The molecule has 0 N–H and O–H groups in total. The van der Waals surface area contributed by atoms with Gasteiger partial charge in [0.1, 0.15) is 0 Å². The molecule has 8 nitrogen and oxygen atoms in total. The van der Waals surface area contributed by atoms with E-state index in [1.807, 2.05) is 49.6 Å². The zero-order valence-electron chi connectivity index (χ0n) is 17.7. The molecule has 4 rings (SSSR count). The van der Waals surface area contributed by atoms with Gasteiger partial charge in [-0.25, -0.2) is 0 Å². The first kappa shape index (κ1) is 22.2. The maximum Gasteiger partial charge on any atom is 0.249 e. The molecule has 0 bridgehead atoms. The molecule has 0 atom stereocenters. The van der Waals surface area contributed by atoms with Gasteiger partial charge in [-0.15, -0.1) is 21.5 Å². The fourth-order valence-corrected chi connectivity index (χ4v) is 4.03. The Bertz CT molecular complexity index is 1170. The first-order chi connectivity index (χ1) is 15.5. The molecule has 0 radical (unpaired) electrons. The van der Waals surface area contributed by atoms with Gasteiger partial charge in [-0.3, -0.25) is 4.79 Å². The number of benzene rings is 1. The molecule has 10 heteroatoms. The number of hydrogen-bond donors (Lipinski definition) is 0. The van der Waals surface area contributed by atoms with Crippen molar-refractivity contribution in [1.29, 1.82) is 0 Å². The van der Waals surface area contributed by atoms with Crippen LogP contribution in [0.4, 0.5) is 0 Å². The Morgan fingerprint density at radius 1 is 1.16 bits per heavy atom. The van der Waals surface area contributed by atoms with E-state index in [4.69, 9.17) is 20.5 Å². The number of carbonyl (C=O) groups is 1. The minimum Gasteiger partial charge on any atom is -0.419 e. The number of hydrogen-bond acceptors (Lipinski definition) is 8. The van der Waals surface area contributed by atoms with Crippen LogP contribution in [0.25, 0.3) is 22.2 Å². The lowest BCUT2D eigenvalue weighted by Crippen LogP contribution is -2.36. The number of halogens is 1.